The molecule has 7 nitrogen and oxygen atoms in total. The molecule has 0 aliphatic carbocycles. The zero-order valence-electron chi connectivity index (χ0n) is 16.6. The van der Waals surface area contributed by atoms with Gasteiger partial charge in [-0.05, 0) is 53.2 Å². The van der Waals surface area contributed by atoms with E-state index in [2.05, 4.69) is 26.4 Å². The zero-order valence-corrected chi connectivity index (χ0v) is 19.7. The molecule has 32 heavy (non-hydrogen) atoms. The summed E-state index contributed by atoms with van der Waals surface area (Å²) in [5.74, 6) is -1.04. The van der Waals surface area contributed by atoms with Crippen LogP contribution in [0.15, 0.2) is 56.3 Å². The fraction of sp³-hybridized carbons (Fsp3) is 0.0952. The summed E-state index contributed by atoms with van der Waals surface area (Å²) in [5.41, 5.74) is 0.266. The van der Waals surface area contributed by atoms with Gasteiger partial charge in [0.15, 0.2) is 11.5 Å². The molecule has 1 N–H and O–H groups in total. The molecule has 0 atom stereocenters. The molecule has 2 heterocycles. The van der Waals surface area contributed by atoms with Crippen LogP contribution in [0.4, 0.5) is 10.1 Å². The lowest BCUT2D eigenvalue weighted by Crippen LogP contribution is -2.24. The molecule has 0 aliphatic rings. The number of amides is 1. The van der Waals surface area contributed by atoms with Crippen LogP contribution in [0.25, 0.3) is 17.0 Å². The van der Waals surface area contributed by atoms with Crippen molar-refractivity contribution in [2.24, 2.45) is 7.05 Å². The van der Waals surface area contributed by atoms with Crippen LogP contribution in [0.2, 0.25) is 10.0 Å². The van der Waals surface area contributed by atoms with Gasteiger partial charge < -0.3 is 9.84 Å². The third-order valence-corrected chi connectivity index (χ3v) is 6.18. The van der Waals surface area contributed by atoms with E-state index in [0.717, 1.165) is 4.68 Å². The number of benzene rings is 2. The molecule has 0 unspecified atom stereocenters. The largest absolute Gasteiger partial charge is 0.354 e. The summed E-state index contributed by atoms with van der Waals surface area (Å²) in [7, 11) is 1.59. The normalized spacial score (nSPS) is 11.1. The topological polar surface area (TPSA) is 82.1 Å². The van der Waals surface area contributed by atoms with Crippen molar-refractivity contribution in [1.82, 2.24) is 14.5 Å². The minimum atomic E-state index is -0.691. The molecule has 2 aromatic heterocycles. The van der Waals surface area contributed by atoms with E-state index in [1.165, 1.54) is 28.9 Å². The number of hydrogen-bond donors (Lipinski definition) is 1. The highest BCUT2D eigenvalue weighted by Gasteiger charge is 2.26. The standard InChI is InChI=1S/C21H14BrCl2FN4O3/c1-10-17(21(31)29(28(10)2)15-6-4-3-5-14(15)25)26-20(30)18-16(22)19(32-27-18)12-8-7-11(23)9-13(12)24/h3-9H,1-2H3,(H,26,30). The second kappa shape index (κ2) is 8.57. The summed E-state index contributed by atoms with van der Waals surface area (Å²) in [6, 6.07) is 10.6. The fourth-order valence-electron chi connectivity index (χ4n) is 3.18. The fourth-order valence-corrected chi connectivity index (χ4v) is 4.21. The molecule has 0 radical (unpaired) electrons. The molecule has 164 valence electrons. The Bertz CT molecular complexity index is 1430. The second-order valence-electron chi connectivity index (χ2n) is 6.80. The number of halogens is 4. The monoisotopic (exact) mass is 538 g/mol. The van der Waals surface area contributed by atoms with Gasteiger partial charge in [0.1, 0.15) is 17.2 Å². The molecule has 0 saturated heterocycles. The summed E-state index contributed by atoms with van der Waals surface area (Å²) >= 11 is 15.5. The van der Waals surface area contributed by atoms with Gasteiger partial charge in [-0.2, -0.15) is 0 Å². The van der Waals surface area contributed by atoms with Crippen LogP contribution in [-0.2, 0) is 7.05 Å². The number of nitrogens with one attached hydrogen (secondary N) is 1. The number of anilines is 1. The highest BCUT2D eigenvalue weighted by molar-refractivity contribution is 9.10. The SMILES string of the molecule is Cc1c(NC(=O)c2noc(-c3ccc(Cl)cc3Cl)c2Br)c(=O)n(-c2ccccc2F)n1C. The first kappa shape index (κ1) is 22.3. The van der Waals surface area contributed by atoms with Crippen molar-refractivity contribution in [3.8, 4) is 17.0 Å². The van der Waals surface area contributed by atoms with Crippen molar-refractivity contribution in [2.75, 3.05) is 5.32 Å². The maximum absolute atomic E-state index is 14.3. The van der Waals surface area contributed by atoms with Gasteiger partial charge in [0, 0.05) is 17.6 Å². The smallest absolute Gasteiger partial charge is 0.295 e. The van der Waals surface area contributed by atoms with Gasteiger partial charge in [-0.1, -0.05) is 40.5 Å². The van der Waals surface area contributed by atoms with Crippen LogP contribution >= 0.6 is 39.1 Å². The first-order valence-corrected chi connectivity index (χ1v) is 10.7. The van der Waals surface area contributed by atoms with E-state index in [9.17, 15) is 14.0 Å². The van der Waals surface area contributed by atoms with Gasteiger partial charge in [0.05, 0.1) is 15.2 Å². The van der Waals surface area contributed by atoms with Gasteiger partial charge in [0.2, 0.25) is 0 Å². The van der Waals surface area contributed by atoms with Crippen LogP contribution in [0.3, 0.4) is 0 Å². The van der Waals surface area contributed by atoms with Crippen molar-refractivity contribution in [3.63, 3.8) is 0 Å². The molecular weight excluding hydrogens is 526 g/mol. The number of nitrogens with zero attached hydrogens (tertiary/aromatic N) is 3. The number of carbonyl (C=O) groups is 1. The van der Waals surface area contributed by atoms with E-state index in [0.29, 0.717) is 21.3 Å². The molecular formula is C21H14BrCl2FN4O3. The summed E-state index contributed by atoms with van der Waals surface area (Å²) in [5, 5.41) is 7.12. The Hall–Kier alpha value is -2.88. The molecule has 0 spiro atoms. The first-order valence-electron chi connectivity index (χ1n) is 9.16. The Labute approximate surface area is 199 Å². The van der Waals surface area contributed by atoms with E-state index in [4.69, 9.17) is 27.7 Å². The van der Waals surface area contributed by atoms with E-state index in [1.54, 1.807) is 32.2 Å². The maximum atomic E-state index is 14.3. The number of para-hydroxylation sites is 1. The van der Waals surface area contributed by atoms with E-state index in [-0.39, 0.29) is 27.3 Å². The molecule has 1 amide bonds. The summed E-state index contributed by atoms with van der Waals surface area (Å²) in [4.78, 5) is 25.9. The lowest BCUT2D eigenvalue weighted by atomic mass is 10.1. The molecule has 4 rings (SSSR count). The number of aromatic nitrogens is 3. The van der Waals surface area contributed by atoms with Gasteiger partial charge >= 0.3 is 0 Å². The predicted molar refractivity (Wildman–Crippen MR) is 123 cm³/mol. The van der Waals surface area contributed by atoms with Crippen molar-refractivity contribution < 1.29 is 13.7 Å². The molecule has 0 fully saturated rings. The number of carbonyl (C=O) groups excluding carboxylic acids is 1. The summed E-state index contributed by atoms with van der Waals surface area (Å²) in [6.45, 7) is 1.63. The molecule has 0 bridgehead atoms. The van der Waals surface area contributed by atoms with E-state index in [1.807, 2.05) is 0 Å². The van der Waals surface area contributed by atoms with Crippen LogP contribution < -0.4 is 10.9 Å². The minimum Gasteiger partial charge on any atom is -0.354 e. The van der Waals surface area contributed by atoms with Crippen LogP contribution in [0, 0.1) is 12.7 Å². The molecule has 0 aliphatic heterocycles. The van der Waals surface area contributed by atoms with Gasteiger partial charge in [-0.3, -0.25) is 14.3 Å². The Balaban J connectivity index is 1.71. The van der Waals surface area contributed by atoms with Gasteiger partial charge in [-0.15, -0.1) is 0 Å². The Morgan fingerprint density at radius 1 is 1.22 bits per heavy atom. The maximum Gasteiger partial charge on any atom is 0.295 e. The van der Waals surface area contributed by atoms with E-state index >= 15 is 0 Å². The van der Waals surface area contributed by atoms with Crippen molar-refractivity contribution in [2.45, 2.75) is 6.92 Å². The Morgan fingerprint density at radius 2 is 1.94 bits per heavy atom. The highest BCUT2D eigenvalue weighted by Crippen LogP contribution is 2.36. The highest BCUT2D eigenvalue weighted by atomic mass is 79.9. The second-order valence-corrected chi connectivity index (χ2v) is 8.44. The quantitative estimate of drug-likeness (QED) is 0.366. The zero-order chi connectivity index (χ0) is 23.2. The van der Waals surface area contributed by atoms with Gasteiger partial charge in [0.25, 0.3) is 11.5 Å². The Morgan fingerprint density at radius 3 is 2.62 bits per heavy atom. The number of rotatable bonds is 4. The van der Waals surface area contributed by atoms with Gasteiger partial charge in [-0.25, -0.2) is 9.07 Å². The van der Waals surface area contributed by atoms with Crippen molar-refractivity contribution >= 4 is 50.7 Å². The third kappa shape index (κ3) is 3.76. The predicted octanol–water partition coefficient (Wildman–Crippen LogP) is 5.60. The lowest BCUT2D eigenvalue weighted by molar-refractivity contribution is 0.101. The molecule has 0 saturated carbocycles. The van der Waals surface area contributed by atoms with Crippen LogP contribution in [-0.4, -0.2) is 20.4 Å². The van der Waals surface area contributed by atoms with Crippen molar-refractivity contribution in [3.05, 3.63) is 84.5 Å². The number of hydrogen-bond acceptors (Lipinski definition) is 4. The lowest BCUT2D eigenvalue weighted by Gasteiger charge is -2.08. The van der Waals surface area contributed by atoms with Crippen LogP contribution in [0.5, 0.6) is 0 Å². The summed E-state index contributed by atoms with van der Waals surface area (Å²) < 4.78 is 22.4. The molecule has 11 heteroatoms. The first-order chi connectivity index (χ1) is 15.2. The van der Waals surface area contributed by atoms with E-state index < -0.39 is 17.3 Å². The average molecular weight is 540 g/mol. The Kier molecular flexibility index (Phi) is 5.98. The summed E-state index contributed by atoms with van der Waals surface area (Å²) in [6.07, 6.45) is 0. The average Bonchev–Trinajstić information content (AvgIpc) is 3.22. The van der Waals surface area contributed by atoms with Crippen LogP contribution in [0.1, 0.15) is 16.2 Å². The third-order valence-electron chi connectivity index (χ3n) is 4.90. The molecule has 4 aromatic rings. The molecule has 2 aromatic carbocycles. The minimum absolute atomic E-state index is 0.0123. The van der Waals surface area contributed by atoms with Crippen molar-refractivity contribution in [1.29, 1.82) is 0 Å².